The molecule has 0 saturated heterocycles. The lowest BCUT2D eigenvalue weighted by atomic mass is 9.98. The fourth-order valence-corrected chi connectivity index (χ4v) is 1.34. The molecular weight excluding hydrogens is 196 g/mol. The Morgan fingerprint density at radius 1 is 1.13 bits per heavy atom. The number of hydrogen-bond donors (Lipinski definition) is 0. The summed E-state index contributed by atoms with van der Waals surface area (Å²) in [6.45, 7) is 7.75. The molecule has 2 atom stereocenters. The maximum absolute atomic E-state index is 11.8. The molecule has 0 N–H and O–H groups in total. The number of ketones is 1. The summed E-state index contributed by atoms with van der Waals surface area (Å²) in [6.07, 6.45) is -0.0842. The smallest absolute Gasteiger partial charge is 0.316 e. The van der Waals surface area contributed by atoms with E-state index in [0.29, 0.717) is 19.6 Å². The highest BCUT2D eigenvalue weighted by molar-refractivity contribution is 6.01. The lowest BCUT2D eigenvalue weighted by Gasteiger charge is -2.17. The zero-order valence-electron chi connectivity index (χ0n) is 9.91. The average molecular weight is 216 g/mol. The van der Waals surface area contributed by atoms with E-state index in [4.69, 9.17) is 9.47 Å². The molecule has 0 aromatic carbocycles. The molecule has 0 radical (unpaired) electrons. The van der Waals surface area contributed by atoms with Crippen LogP contribution in [0.4, 0.5) is 0 Å². The molecule has 0 spiro atoms. The van der Waals surface area contributed by atoms with Crippen LogP contribution in [-0.4, -0.2) is 31.1 Å². The van der Waals surface area contributed by atoms with Gasteiger partial charge in [-0.1, -0.05) is 6.92 Å². The predicted molar refractivity (Wildman–Crippen MR) is 56.5 cm³/mol. The predicted octanol–water partition coefficient (Wildman–Crippen LogP) is 1.57. The number of Topliss-reactive ketones (excluding diaryl/α,β-unsaturated/α-hetero) is 1. The summed E-state index contributed by atoms with van der Waals surface area (Å²) >= 11 is 0. The first-order valence-corrected chi connectivity index (χ1v) is 5.40. The molecule has 15 heavy (non-hydrogen) atoms. The molecule has 2 unspecified atom stereocenters. The van der Waals surface area contributed by atoms with Gasteiger partial charge >= 0.3 is 5.97 Å². The van der Waals surface area contributed by atoms with Crippen molar-refractivity contribution in [2.75, 3.05) is 13.2 Å². The van der Waals surface area contributed by atoms with E-state index in [1.165, 1.54) is 0 Å². The fraction of sp³-hybridized carbons (Fsp3) is 0.818. The van der Waals surface area contributed by atoms with Crippen molar-refractivity contribution in [3.05, 3.63) is 0 Å². The highest BCUT2D eigenvalue weighted by atomic mass is 16.5. The van der Waals surface area contributed by atoms with Crippen molar-refractivity contribution in [2.24, 2.45) is 5.92 Å². The molecule has 0 aliphatic heterocycles. The van der Waals surface area contributed by atoms with E-state index < -0.39 is 18.0 Å². The van der Waals surface area contributed by atoms with E-state index >= 15 is 0 Å². The quantitative estimate of drug-likeness (QED) is 0.479. The third-order valence-electron chi connectivity index (χ3n) is 2.14. The Morgan fingerprint density at radius 3 is 2.13 bits per heavy atom. The van der Waals surface area contributed by atoms with Crippen LogP contribution < -0.4 is 0 Å². The van der Waals surface area contributed by atoms with Gasteiger partial charge in [-0.05, 0) is 27.2 Å². The molecule has 0 saturated carbocycles. The van der Waals surface area contributed by atoms with Crippen molar-refractivity contribution >= 4 is 11.8 Å². The van der Waals surface area contributed by atoms with Gasteiger partial charge in [0.2, 0.25) is 0 Å². The molecular formula is C11H20O4. The maximum Gasteiger partial charge on any atom is 0.316 e. The van der Waals surface area contributed by atoms with Crippen LogP contribution in [0.2, 0.25) is 0 Å². The Bertz CT molecular complexity index is 213. The van der Waals surface area contributed by atoms with Gasteiger partial charge in [-0.3, -0.25) is 9.59 Å². The summed E-state index contributed by atoms with van der Waals surface area (Å²) in [6, 6.07) is 0. The van der Waals surface area contributed by atoms with Crippen LogP contribution in [0, 0.1) is 5.92 Å². The molecule has 88 valence electrons. The average Bonchev–Trinajstić information content (AvgIpc) is 2.19. The second kappa shape index (κ2) is 7.40. The van der Waals surface area contributed by atoms with E-state index in [1.807, 2.05) is 6.92 Å². The molecule has 0 aliphatic rings. The molecule has 0 aromatic rings. The van der Waals surface area contributed by atoms with E-state index in [0.717, 1.165) is 0 Å². The number of carbonyl (C=O) groups is 2. The Kier molecular flexibility index (Phi) is 6.96. The number of hydrogen-bond acceptors (Lipinski definition) is 4. The van der Waals surface area contributed by atoms with Crippen molar-refractivity contribution in [3.63, 3.8) is 0 Å². The highest BCUT2D eigenvalue weighted by Gasteiger charge is 2.29. The molecule has 0 bridgehead atoms. The van der Waals surface area contributed by atoms with Gasteiger partial charge in [-0.15, -0.1) is 0 Å². The van der Waals surface area contributed by atoms with E-state index in [1.54, 1.807) is 20.8 Å². The van der Waals surface area contributed by atoms with Gasteiger partial charge in [-0.2, -0.15) is 0 Å². The van der Waals surface area contributed by atoms with Crippen LogP contribution in [-0.2, 0) is 19.1 Å². The molecule has 0 amide bonds. The monoisotopic (exact) mass is 216 g/mol. The van der Waals surface area contributed by atoms with Crippen LogP contribution >= 0.6 is 0 Å². The van der Waals surface area contributed by atoms with Crippen LogP contribution in [0.15, 0.2) is 0 Å². The SMILES string of the molecule is CCOC(=O)C(CC)C(=O)C(C)OCC. The summed E-state index contributed by atoms with van der Waals surface area (Å²) in [4.78, 5) is 23.2. The molecule has 0 heterocycles. The van der Waals surface area contributed by atoms with E-state index in [-0.39, 0.29) is 5.78 Å². The summed E-state index contributed by atoms with van der Waals surface area (Å²) < 4.78 is 9.99. The standard InChI is InChI=1S/C11H20O4/c1-5-9(11(13)15-7-3)10(12)8(4)14-6-2/h8-9H,5-7H2,1-4H3. The van der Waals surface area contributed by atoms with Crippen molar-refractivity contribution in [3.8, 4) is 0 Å². The first-order chi connectivity index (χ1) is 7.08. The second-order valence-electron chi connectivity index (χ2n) is 3.21. The number of carbonyl (C=O) groups excluding carboxylic acids is 2. The van der Waals surface area contributed by atoms with Crippen LogP contribution in [0.25, 0.3) is 0 Å². The second-order valence-corrected chi connectivity index (χ2v) is 3.21. The molecule has 4 nitrogen and oxygen atoms in total. The molecule has 0 aromatic heterocycles. The Hall–Kier alpha value is -0.900. The minimum atomic E-state index is -0.688. The molecule has 0 rings (SSSR count). The van der Waals surface area contributed by atoms with Gasteiger partial charge in [0.05, 0.1) is 6.61 Å². The number of esters is 1. The third-order valence-corrected chi connectivity index (χ3v) is 2.14. The summed E-state index contributed by atoms with van der Waals surface area (Å²) in [5, 5.41) is 0. The van der Waals surface area contributed by atoms with E-state index in [9.17, 15) is 9.59 Å². The van der Waals surface area contributed by atoms with Crippen molar-refractivity contribution < 1.29 is 19.1 Å². The minimum absolute atomic E-state index is 0.196. The summed E-state index contributed by atoms with van der Waals surface area (Å²) in [7, 11) is 0. The first-order valence-electron chi connectivity index (χ1n) is 5.40. The molecule has 4 heteroatoms. The van der Waals surface area contributed by atoms with E-state index in [2.05, 4.69) is 0 Å². The minimum Gasteiger partial charge on any atom is -0.465 e. The normalized spacial score (nSPS) is 14.4. The maximum atomic E-state index is 11.8. The lowest BCUT2D eigenvalue weighted by molar-refractivity contribution is -0.154. The fourth-order valence-electron chi connectivity index (χ4n) is 1.34. The van der Waals surface area contributed by atoms with Gasteiger partial charge < -0.3 is 9.47 Å². The zero-order valence-corrected chi connectivity index (χ0v) is 9.91. The topological polar surface area (TPSA) is 52.6 Å². The van der Waals surface area contributed by atoms with Crippen molar-refractivity contribution in [1.29, 1.82) is 0 Å². The lowest BCUT2D eigenvalue weighted by Crippen LogP contribution is -2.34. The highest BCUT2D eigenvalue weighted by Crippen LogP contribution is 2.11. The van der Waals surface area contributed by atoms with Gasteiger partial charge in [0.15, 0.2) is 5.78 Å². The summed E-state index contributed by atoms with van der Waals surface area (Å²) in [5.74, 6) is -1.33. The Morgan fingerprint density at radius 2 is 1.73 bits per heavy atom. The Labute approximate surface area is 90.9 Å². The van der Waals surface area contributed by atoms with Crippen LogP contribution in [0.1, 0.15) is 34.1 Å². The van der Waals surface area contributed by atoms with Gasteiger partial charge in [0.25, 0.3) is 0 Å². The van der Waals surface area contributed by atoms with Crippen LogP contribution in [0.3, 0.4) is 0 Å². The summed E-state index contributed by atoms with van der Waals surface area (Å²) in [5.41, 5.74) is 0. The van der Waals surface area contributed by atoms with Gasteiger partial charge in [-0.25, -0.2) is 0 Å². The van der Waals surface area contributed by atoms with Crippen molar-refractivity contribution in [2.45, 2.75) is 40.2 Å². The largest absolute Gasteiger partial charge is 0.465 e. The Balaban J connectivity index is 4.39. The van der Waals surface area contributed by atoms with Crippen LogP contribution in [0.5, 0.6) is 0 Å². The molecule has 0 aliphatic carbocycles. The number of rotatable bonds is 7. The van der Waals surface area contributed by atoms with Gasteiger partial charge in [0, 0.05) is 6.61 Å². The first kappa shape index (κ1) is 14.1. The van der Waals surface area contributed by atoms with Gasteiger partial charge in [0.1, 0.15) is 12.0 Å². The number of ether oxygens (including phenoxy) is 2. The van der Waals surface area contributed by atoms with Crippen molar-refractivity contribution in [1.82, 2.24) is 0 Å². The zero-order chi connectivity index (χ0) is 11.8. The molecule has 0 fully saturated rings. The third kappa shape index (κ3) is 4.42.